The molecule has 2 aromatic carbocycles. The predicted octanol–water partition coefficient (Wildman–Crippen LogP) is 3.56. The van der Waals surface area contributed by atoms with Crippen molar-refractivity contribution in [1.82, 2.24) is 19.9 Å². The number of aromatic nitrogens is 3. The Morgan fingerprint density at radius 1 is 0.950 bits per heavy atom. The summed E-state index contributed by atoms with van der Waals surface area (Å²) in [6.45, 7) is 12.1. The molecule has 12 heteroatoms. The number of piperazine rings is 1. The number of morpholine rings is 1. The van der Waals surface area contributed by atoms with Crippen molar-refractivity contribution in [1.29, 1.82) is 0 Å². The molecule has 1 aromatic heterocycles. The van der Waals surface area contributed by atoms with Crippen molar-refractivity contribution < 1.29 is 9.13 Å². The maximum atomic E-state index is 13.1. The Labute approximate surface area is 233 Å². The molecule has 0 radical (unpaired) electrons. The molecule has 0 unspecified atom stereocenters. The van der Waals surface area contributed by atoms with Gasteiger partial charge in [0.05, 0.1) is 25.4 Å². The highest BCUT2D eigenvalue weighted by Gasteiger charge is 2.21. The summed E-state index contributed by atoms with van der Waals surface area (Å²) in [6.07, 6.45) is 1.53. The number of nitrogens with one attached hydrogen (secondary N) is 1. The molecule has 208 valence electrons. The summed E-state index contributed by atoms with van der Waals surface area (Å²) in [5, 5.41) is 3.28. The summed E-state index contributed by atoms with van der Waals surface area (Å²) in [5.41, 5.74) is 3.57. The zero-order chi connectivity index (χ0) is 27.7. The van der Waals surface area contributed by atoms with Gasteiger partial charge in [0.25, 0.3) is 0 Å². The Bertz CT molecular complexity index is 1330. The summed E-state index contributed by atoms with van der Waals surface area (Å²) < 4.78 is 18.6. The molecule has 0 saturated carbocycles. The molecule has 0 amide bonds. The van der Waals surface area contributed by atoms with Gasteiger partial charge in [0.1, 0.15) is 12.1 Å². The summed E-state index contributed by atoms with van der Waals surface area (Å²) in [4.78, 5) is 33.1. The Morgan fingerprint density at radius 3 is 2.38 bits per heavy atom. The fourth-order valence-corrected chi connectivity index (χ4v) is 4.52. The molecule has 1 N–H and O–H groups in total. The number of anilines is 4. The lowest BCUT2D eigenvalue weighted by atomic mass is 10.2. The van der Waals surface area contributed by atoms with Gasteiger partial charge < -0.3 is 24.8 Å². The maximum absolute atomic E-state index is 13.1. The smallest absolute Gasteiger partial charge is 0.231 e. The van der Waals surface area contributed by atoms with Crippen LogP contribution in [0.4, 0.5) is 33.3 Å². The first-order chi connectivity index (χ1) is 19.6. The summed E-state index contributed by atoms with van der Waals surface area (Å²) in [7, 11) is 0. The third kappa shape index (κ3) is 7.14. The molecule has 2 aliphatic heterocycles. The Balaban J connectivity index is 1.15. The number of benzene rings is 2. The molecule has 2 fully saturated rings. The molecule has 3 heterocycles. The third-order valence-electron chi connectivity index (χ3n) is 6.64. The van der Waals surface area contributed by atoms with Gasteiger partial charge in [0.15, 0.2) is 0 Å². The molecule has 3 aromatic rings. The molecular weight excluding hydrogens is 511 g/mol. The molecule has 0 spiro atoms. The highest BCUT2D eigenvalue weighted by atomic mass is 19.1. The van der Waals surface area contributed by atoms with Crippen molar-refractivity contribution in [2.45, 2.75) is 6.92 Å². The normalized spacial score (nSPS) is 16.7. The lowest BCUT2D eigenvalue weighted by Crippen LogP contribution is -2.49. The van der Waals surface area contributed by atoms with Crippen molar-refractivity contribution in [2.24, 2.45) is 15.0 Å². The first-order valence-corrected chi connectivity index (χ1v) is 13.3. The first kappa shape index (κ1) is 27.1. The number of hydrogen-bond acceptors (Lipinski definition) is 9. The first-order valence-electron chi connectivity index (χ1n) is 13.3. The molecule has 5 rings (SSSR count). The van der Waals surface area contributed by atoms with E-state index in [2.05, 4.69) is 68.8 Å². The standard InChI is InChI=1S/C28H33FN10O/c1-21(34-23-5-3-22(29)4-6-23)19-31-27(30-2)38-11-13-39(14-12-38)28-33-20-32-26(36-28)35-24-7-9-25(10-8-24)37-15-17-40-18-16-37/h3-10,20H,2,11-19H2,1H3,(H,32,33,35,36). The summed E-state index contributed by atoms with van der Waals surface area (Å²) in [5.74, 6) is 1.41. The largest absolute Gasteiger partial charge is 0.378 e. The fourth-order valence-electron chi connectivity index (χ4n) is 4.52. The van der Waals surface area contributed by atoms with E-state index >= 15 is 0 Å². The minimum absolute atomic E-state index is 0.286. The van der Waals surface area contributed by atoms with Crippen LogP contribution in [0, 0.1) is 5.82 Å². The Morgan fingerprint density at radius 2 is 1.68 bits per heavy atom. The van der Waals surface area contributed by atoms with E-state index in [1.807, 2.05) is 19.1 Å². The van der Waals surface area contributed by atoms with E-state index in [1.54, 1.807) is 12.1 Å². The lowest BCUT2D eigenvalue weighted by molar-refractivity contribution is 0.122. The summed E-state index contributed by atoms with van der Waals surface area (Å²) >= 11 is 0. The predicted molar refractivity (Wildman–Crippen MR) is 157 cm³/mol. The van der Waals surface area contributed by atoms with Crippen molar-refractivity contribution in [3.05, 3.63) is 60.7 Å². The van der Waals surface area contributed by atoms with Crippen molar-refractivity contribution in [3.63, 3.8) is 0 Å². The highest BCUT2D eigenvalue weighted by molar-refractivity contribution is 5.91. The van der Waals surface area contributed by atoms with Gasteiger partial charge in [-0.1, -0.05) is 0 Å². The van der Waals surface area contributed by atoms with Crippen LogP contribution in [-0.4, -0.2) is 97.3 Å². The molecule has 2 aliphatic rings. The highest BCUT2D eigenvalue weighted by Crippen LogP contribution is 2.21. The van der Waals surface area contributed by atoms with Crippen LogP contribution in [0.3, 0.4) is 0 Å². The molecule has 2 saturated heterocycles. The van der Waals surface area contributed by atoms with Crippen LogP contribution in [0.15, 0.2) is 69.8 Å². The Hall–Kier alpha value is -4.45. The number of halogens is 1. The van der Waals surface area contributed by atoms with Crippen LogP contribution in [0.5, 0.6) is 0 Å². The molecule has 0 atom stereocenters. The van der Waals surface area contributed by atoms with E-state index in [0.717, 1.165) is 37.7 Å². The van der Waals surface area contributed by atoms with Gasteiger partial charge in [-0.25, -0.2) is 24.3 Å². The fraction of sp³-hybridized carbons (Fsp3) is 0.357. The van der Waals surface area contributed by atoms with Gasteiger partial charge in [0, 0.05) is 56.4 Å². The Kier molecular flexibility index (Phi) is 8.86. The number of aliphatic imine (C=N–C) groups is 3. The SMILES string of the molecule is C=NC(=NCC(C)=Nc1ccc(F)cc1)N1CCN(c2ncnc(Nc3ccc(N4CCOCC4)cc3)n2)CC1. The van der Waals surface area contributed by atoms with E-state index in [9.17, 15) is 4.39 Å². The van der Waals surface area contributed by atoms with Crippen molar-refractivity contribution in [2.75, 3.05) is 74.1 Å². The van der Waals surface area contributed by atoms with Crippen LogP contribution < -0.4 is 15.1 Å². The van der Waals surface area contributed by atoms with E-state index in [4.69, 9.17) is 4.74 Å². The molecule has 0 bridgehead atoms. The topological polar surface area (TPSA) is 107 Å². The zero-order valence-corrected chi connectivity index (χ0v) is 22.6. The van der Waals surface area contributed by atoms with Crippen molar-refractivity contribution >= 4 is 47.3 Å². The van der Waals surface area contributed by atoms with Crippen LogP contribution in [0.2, 0.25) is 0 Å². The second-order valence-electron chi connectivity index (χ2n) is 9.45. The second kappa shape index (κ2) is 13.1. The minimum atomic E-state index is -0.286. The monoisotopic (exact) mass is 544 g/mol. The number of guanidine groups is 1. The average molecular weight is 545 g/mol. The maximum Gasteiger partial charge on any atom is 0.231 e. The van der Waals surface area contributed by atoms with Crippen LogP contribution >= 0.6 is 0 Å². The molecule has 11 nitrogen and oxygen atoms in total. The molecule has 40 heavy (non-hydrogen) atoms. The van der Waals surface area contributed by atoms with Gasteiger partial charge in [-0.2, -0.15) is 4.98 Å². The number of ether oxygens (including phenoxy) is 1. The molecule has 0 aliphatic carbocycles. The van der Waals surface area contributed by atoms with Gasteiger partial charge >= 0.3 is 0 Å². The number of hydrogen-bond donors (Lipinski definition) is 1. The number of nitrogens with zero attached hydrogens (tertiary/aromatic N) is 9. The number of rotatable bonds is 7. The van der Waals surface area contributed by atoms with Crippen molar-refractivity contribution in [3.8, 4) is 0 Å². The van der Waals surface area contributed by atoms with Crippen LogP contribution in [0.25, 0.3) is 0 Å². The lowest BCUT2D eigenvalue weighted by Gasteiger charge is -2.35. The van der Waals surface area contributed by atoms with E-state index in [-0.39, 0.29) is 5.82 Å². The van der Waals surface area contributed by atoms with Gasteiger partial charge in [-0.05, 0) is 62.2 Å². The third-order valence-corrected chi connectivity index (χ3v) is 6.64. The summed E-state index contributed by atoms with van der Waals surface area (Å²) in [6, 6.07) is 14.3. The zero-order valence-electron chi connectivity index (χ0n) is 22.6. The van der Waals surface area contributed by atoms with Gasteiger partial charge in [0.2, 0.25) is 17.9 Å². The van der Waals surface area contributed by atoms with E-state index < -0.39 is 0 Å². The van der Waals surface area contributed by atoms with E-state index in [0.29, 0.717) is 56.3 Å². The van der Waals surface area contributed by atoms with Gasteiger partial charge in [-0.3, -0.25) is 4.99 Å². The van der Waals surface area contributed by atoms with Crippen LogP contribution in [-0.2, 0) is 4.74 Å². The van der Waals surface area contributed by atoms with E-state index in [1.165, 1.54) is 24.1 Å². The average Bonchev–Trinajstić information content (AvgIpc) is 3.00. The van der Waals surface area contributed by atoms with Crippen LogP contribution in [0.1, 0.15) is 6.92 Å². The quantitative estimate of drug-likeness (QED) is 0.356. The second-order valence-corrected chi connectivity index (χ2v) is 9.45. The van der Waals surface area contributed by atoms with Gasteiger partial charge in [-0.15, -0.1) is 0 Å². The minimum Gasteiger partial charge on any atom is -0.378 e. The molecular formula is C28H33FN10O.